The van der Waals surface area contributed by atoms with Crippen LogP contribution in [0, 0.1) is 0 Å². The first-order valence-corrected chi connectivity index (χ1v) is 11.4. The summed E-state index contributed by atoms with van der Waals surface area (Å²) in [4.78, 5) is 2.83. The van der Waals surface area contributed by atoms with Gasteiger partial charge in [0, 0.05) is 0 Å². The first-order valence-electron chi connectivity index (χ1n) is 8.60. The van der Waals surface area contributed by atoms with Crippen molar-refractivity contribution in [2.75, 3.05) is 19.3 Å². The van der Waals surface area contributed by atoms with Crippen LogP contribution in [0.3, 0.4) is 0 Å². The molecule has 1 fully saturated rings. The number of hydrogen-bond donors (Lipinski definition) is 0. The predicted molar refractivity (Wildman–Crippen MR) is 90.5 cm³/mol. The average molecular weight is 282 g/mol. The molecule has 1 aliphatic rings. The molecule has 0 radical (unpaired) electrons. The van der Waals surface area contributed by atoms with Gasteiger partial charge in [0.1, 0.15) is 0 Å². The van der Waals surface area contributed by atoms with E-state index in [9.17, 15) is 0 Å². The molecule has 2 heteroatoms. The maximum Gasteiger partial charge on any atom is 0.0727 e. The maximum absolute atomic E-state index is 2.83. The van der Waals surface area contributed by atoms with Crippen LogP contribution in [-0.4, -0.2) is 32.2 Å². The summed E-state index contributed by atoms with van der Waals surface area (Å²) in [6.07, 6.45) is 14.8. The highest BCUT2D eigenvalue weighted by atomic mass is 28.3. The van der Waals surface area contributed by atoms with Crippen molar-refractivity contribution in [3.63, 3.8) is 0 Å². The van der Waals surface area contributed by atoms with Crippen LogP contribution in [0.4, 0.5) is 0 Å². The molecular weight excluding hydrogens is 246 g/mol. The molecule has 0 aromatic heterocycles. The number of rotatable bonds is 8. The summed E-state index contributed by atoms with van der Waals surface area (Å²) in [5.74, 6) is 0. The number of nitrogens with zero attached hydrogens (tertiary/aromatic N) is 1. The molecule has 19 heavy (non-hydrogen) atoms. The topological polar surface area (TPSA) is 3.24 Å². The highest BCUT2D eigenvalue weighted by molar-refractivity contribution is 6.80. The van der Waals surface area contributed by atoms with E-state index in [1.165, 1.54) is 75.9 Å². The second kappa shape index (κ2) is 9.76. The molecule has 1 heterocycles. The molecule has 1 aliphatic heterocycles. The van der Waals surface area contributed by atoms with E-state index in [0.717, 1.165) is 0 Å². The van der Waals surface area contributed by atoms with Gasteiger partial charge in [-0.25, -0.2) is 0 Å². The lowest BCUT2D eigenvalue weighted by molar-refractivity contribution is 0.323. The quantitative estimate of drug-likeness (QED) is 0.434. The normalized spacial score (nSPS) is 18.9. The van der Waals surface area contributed by atoms with Crippen molar-refractivity contribution in [1.29, 1.82) is 0 Å². The van der Waals surface area contributed by atoms with Gasteiger partial charge in [0.15, 0.2) is 0 Å². The van der Waals surface area contributed by atoms with E-state index in [4.69, 9.17) is 0 Å². The Morgan fingerprint density at radius 1 is 0.947 bits per heavy atom. The summed E-state index contributed by atoms with van der Waals surface area (Å²) in [7, 11) is -1.09. The average Bonchev–Trinajstić information content (AvgIpc) is 2.65. The molecule has 1 nitrogen and oxygen atoms in total. The molecule has 0 bridgehead atoms. The fourth-order valence-corrected chi connectivity index (χ4v) is 8.97. The molecule has 0 N–H and O–H groups in total. The standard InChI is InChI=1S/C17H35NSi/c1-4-7-16-19(14-5-2,15-6-3)17-18-12-10-8-9-11-13-18/h4,7H,5-6,8-17H2,1-3H3. The van der Waals surface area contributed by atoms with Crippen LogP contribution in [0.2, 0.25) is 18.1 Å². The zero-order valence-electron chi connectivity index (χ0n) is 13.6. The van der Waals surface area contributed by atoms with Crippen molar-refractivity contribution in [3.05, 3.63) is 12.2 Å². The molecule has 0 aromatic rings. The summed E-state index contributed by atoms with van der Waals surface area (Å²) in [6, 6.07) is 4.48. The van der Waals surface area contributed by atoms with E-state index in [0.29, 0.717) is 0 Å². The van der Waals surface area contributed by atoms with E-state index >= 15 is 0 Å². The third-order valence-corrected chi connectivity index (χ3v) is 9.95. The van der Waals surface area contributed by atoms with Crippen LogP contribution in [-0.2, 0) is 0 Å². The van der Waals surface area contributed by atoms with Gasteiger partial charge in [0.2, 0.25) is 0 Å². The van der Waals surface area contributed by atoms with Crippen molar-refractivity contribution < 1.29 is 0 Å². The Morgan fingerprint density at radius 2 is 1.53 bits per heavy atom. The van der Waals surface area contributed by atoms with E-state index < -0.39 is 8.07 Å². The first-order chi connectivity index (χ1) is 9.26. The minimum absolute atomic E-state index is 1.09. The Kier molecular flexibility index (Phi) is 8.72. The van der Waals surface area contributed by atoms with Crippen molar-refractivity contribution >= 4 is 8.07 Å². The molecule has 0 spiro atoms. The van der Waals surface area contributed by atoms with Gasteiger partial charge < -0.3 is 4.90 Å². The molecule has 112 valence electrons. The zero-order valence-corrected chi connectivity index (χ0v) is 14.6. The second-order valence-electron chi connectivity index (χ2n) is 6.46. The molecular formula is C17H35NSi. The third-order valence-electron chi connectivity index (χ3n) is 4.60. The van der Waals surface area contributed by atoms with Crippen LogP contribution in [0.15, 0.2) is 12.2 Å². The molecule has 0 amide bonds. The SMILES string of the molecule is CC=CC[Si](CCC)(CCC)CN1CCCCCC1. The van der Waals surface area contributed by atoms with Crippen molar-refractivity contribution in [1.82, 2.24) is 4.90 Å². The molecule has 0 aromatic carbocycles. The van der Waals surface area contributed by atoms with Gasteiger partial charge in [-0.05, 0) is 45.1 Å². The van der Waals surface area contributed by atoms with Crippen LogP contribution in [0.5, 0.6) is 0 Å². The lowest BCUT2D eigenvalue weighted by atomic mass is 10.2. The van der Waals surface area contributed by atoms with E-state index in [1.807, 2.05) is 0 Å². The van der Waals surface area contributed by atoms with Crippen LogP contribution < -0.4 is 0 Å². The Balaban J connectivity index is 2.67. The predicted octanol–water partition coefficient (Wildman–Crippen LogP) is 5.25. The number of hydrogen-bond acceptors (Lipinski definition) is 1. The lowest BCUT2D eigenvalue weighted by Crippen LogP contribution is -2.47. The fourth-order valence-electron chi connectivity index (χ4n) is 3.75. The summed E-state index contributed by atoms with van der Waals surface area (Å²) < 4.78 is 0. The molecule has 1 rings (SSSR count). The largest absolute Gasteiger partial charge is 0.306 e. The van der Waals surface area contributed by atoms with Crippen molar-refractivity contribution in [3.8, 4) is 0 Å². The summed E-state index contributed by atoms with van der Waals surface area (Å²) in [5, 5.41) is 0. The van der Waals surface area contributed by atoms with E-state index in [1.54, 1.807) is 0 Å². The Morgan fingerprint density at radius 3 is 2.00 bits per heavy atom. The molecule has 1 saturated heterocycles. The highest BCUT2D eigenvalue weighted by Crippen LogP contribution is 2.27. The minimum atomic E-state index is -1.09. The summed E-state index contributed by atoms with van der Waals surface area (Å²) >= 11 is 0. The highest BCUT2D eigenvalue weighted by Gasteiger charge is 2.32. The van der Waals surface area contributed by atoms with Crippen molar-refractivity contribution in [2.45, 2.75) is 77.4 Å². The molecule has 0 unspecified atom stereocenters. The molecule has 0 aliphatic carbocycles. The number of allylic oxidation sites excluding steroid dienone is 2. The van der Waals surface area contributed by atoms with Gasteiger partial charge in [-0.3, -0.25) is 0 Å². The van der Waals surface area contributed by atoms with Crippen LogP contribution >= 0.6 is 0 Å². The van der Waals surface area contributed by atoms with E-state index in [2.05, 4.69) is 37.8 Å². The zero-order chi connectivity index (χ0) is 14.0. The maximum atomic E-state index is 2.83. The molecule has 0 atom stereocenters. The molecule has 0 saturated carbocycles. The lowest BCUT2D eigenvalue weighted by Gasteiger charge is -2.36. The summed E-state index contributed by atoms with van der Waals surface area (Å²) in [6.45, 7) is 9.70. The van der Waals surface area contributed by atoms with Gasteiger partial charge in [-0.15, -0.1) is 0 Å². The van der Waals surface area contributed by atoms with Gasteiger partial charge in [-0.2, -0.15) is 0 Å². The van der Waals surface area contributed by atoms with Crippen LogP contribution in [0.25, 0.3) is 0 Å². The van der Waals surface area contributed by atoms with Gasteiger partial charge in [0.05, 0.1) is 8.07 Å². The van der Waals surface area contributed by atoms with Gasteiger partial charge >= 0.3 is 0 Å². The second-order valence-corrected chi connectivity index (χ2v) is 11.2. The Bertz CT molecular complexity index is 236. The third kappa shape index (κ3) is 6.27. The van der Waals surface area contributed by atoms with Crippen molar-refractivity contribution in [2.24, 2.45) is 0 Å². The smallest absolute Gasteiger partial charge is 0.0727 e. The van der Waals surface area contributed by atoms with Crippen LogP contribution in [0.1, 0.15) is 59.3 Å². The minimum Gasteiger partial charge on any atom is -0.306 e. The fraction of sp³-hybridized carbons (Fsp3) is 0.882. The Hall–Kier alpha value is -0.0831. The summed E-state index contributed by atoms with van der Waals surface area (Å²) in [5.41, 5.74) is 0. The van der Waals surface area contributed by atoms with Gasteiger partial charge in [-0.1, -0.05) is 63.8 Å². The first kappa shape index (κ1) is 17.0. The number of likely N-dealkylation sites (tertiary alicyclic amines) is 1. The van der Waals surface area contributed by atoms with Gasteiger partial charge in [0.25, 0.3) is 0 Å². The van der Waals surface area contributed by atoms with E-state index in [-0.39, 0.29) is 0 Å². The Labute approximate surface area is 122 Å². The monoisotopic (exact) mass is 281 g/mol.